The predicted octanol–water partition coefficient (Wildman–Crippen LogP) is 0.628. The predicted molar refractivity (Wildman–Crippen MR) is 54.2 cm³/mol. The van der Waals surface area contributed by atoms with Crippen LogP contribution in [-0.4, -0.2) is 35.1 Å². The molecule has 0 spiro atoms. The molecule has 1 aliphatic heterocycles. The van der Waals surface area contributed by atoms with E-state index in [0.29, 0.717) is 12.3 Å². The van der Waals surface area contributed by atoms with Gasteiger partial charge in [-0.15, -0.1) is 0 Å². The van der Waals surface area contributed by atoms with Crippen LogP contribution in [-0.2, 0) is 0 Å². The Morgan fingerprint density at radius 3 is 3.27 bits per heavy atom. The third-order valence-corrected chi connectivity index (χ3v) is 2.79. The van der Waals surface area contributed by atoms with E-state index in [2.05, 4.69) is 5.16 Å². The molecule has 2 N–H and O–H groups in total. The van der Waals surface area contributed by atoms with E-state index in [0.717, 1.165) is 25.8 Å². The number of likely N-dealkylation sites (tertiary alicyclic amines) is 1. The first kappa shape index (κ1) is 10.2. The highest BCUT2D eigenvalue weighted by Crippen LogP contribution is 2.21. The van der Waals surface area contributed by atoms with Gasteiger partial charge in [0.2, 0.25) is 5.76 Å². The zero-order valence-electron chi connectivity index (χ0n) is 8.56. The van der Waals surface area contributed by atoms with E-state index in [1.54, 1.807) is 6.07 Å². The smallest absolute Gasteiger partial charge is 0.292 e. The molecular formula is C10H15N3O2. The quantitative estimate of drug-likeness (QED) is 0.792. The van der Waals surface area contributed by atoms with E-state index in [-0.39, 0.29) is 11.9 Å². The molecule has 5 nitrogen and oxygen atoms in total. The van der Waals surface area contributed by atoms with Crippen LogP contribution >= 0.6 is 0 Å². The Labute approximate surface area is 88.2 Å². The SMILES string of the molecule is NCCC1CCCN1C(=O)c1ccno1. The molecule has 5 heteroatoms. The highest BCUT2D eigenvalue weighted by Gasteiger charge is 2.30. The van der Waals surface area contributed by atoms with Gasteiger partial charge in [0.25, 0.3) is 5.91 Å². The Morgan fingerprint density at radius 2 is 2.60 bits per heavy atom. The normalized spacial score (nSPS) is 20.9. The van der Waals surface area contributed by atoms with Crippen LogP contribution in [0.15, 0.2) is 16.8 Å². The second-order valence-corrected chi connectivity index (χ2v) is 3.75. The molecule has 2 heterocycles. The molecule has 1 fully saturated rings. The molecule has 0 saturated carbocycles. The number of aromatic nitrogens is 1. The zero-order valence-corrected chi connectivity index (χ0v) is 8.56. The number of hydrogen-bond acceptors (Lipinski definition) is 4. The maximum atomic E-state index is 11.9. The van der Waals surface area contributed by atoms with Crippen molar-refractivity contribution in [3.63, 3.8) is 0 Å². The topological polar surface area (TPSA) is 72.4 Å². The molecule has 1 unspecified atom stereocenters. The zero-order chi connectivity index (χ0) is 10.7. The van der Waals surface area contributed by atoms with E-state index in [9.17, 15) is 4.79 Å². The van der Waals surface area contributed by atoms with Crippen LogP contribution in [0.1, 0.15) is 29.8 Å². The maximum absolute atomic E-state index is 11.9. The van der Waals surface area contributed by atoms with Gasteiger partial charge in [-0.05, 0) is 25.8 Å². The van der Waals surface area contributed by atoms with Crippen molar-refractivity contribution in [3.8, 4) is 0 Å². The van der Waals surface area contributed by atoms with Gasteiger partial charge in [0.05, 0.1) is 6.20 Å². The van der Waals surface area contributed by atoms with Crippen molar-refractivity contribution < 1.29 is 9.32 Å². The molecule has 2 rings (SSSR count). The Kier molecular flexibility index (Phi) is 3.01. The summed E-state index contributed by atoms with van der Waals surface area (Å²) in [4.78, 5) is 13.8. The summed E-state index contributed by atoms with van der Waals surface area (Å²) >= 11 is 0. The van der Waals surface area contributed by atoms with Gasteiger partial charge in [0, 0.05) is 18.7 Å². The van der Waals surface area contributed by atoms with Crippen LogP contribution in [0.5, 0.6) is 0 Å². The minimum Gasteiger partial charge on any atom is -0.351 e. The number of carbonyl (C=O) groups is 1. The van der Waals surface area contributed by atoms with Crippen molar-refractivity contribution in [2.75, 3.05) is 13.1 Å². The fourth-order valence-corrected chi connectivity index (χ4v) is 2.06. The number of carbonyl (C=O) groups excluding carboxylic acids is 1. The Bertz CT molecular complexity index is 323. The van der Waals surface area contributed by atoms with Crippen LogP contribution in [0.2, 0.25) is 0 Å². The standard InChI is InChI=1S/C10H15N3O2/c11-5-3-8-2-1-7-13(8)10(14)9-4-6-12-15-9/h4,6,8H,1-3,5,7,11H2. The van der Waals surface area contributed by atoms with Crippen molar-refractivity contribution in [1.29, 1.82) is 0 Å². The lowest BCUT2D eigenvalue weighted by Gasteiger charge is -2.22. The minimum absolute atomic E-state index is 0.0662. The van der Waals surface area contributed by atoms with Crippen LogP contribution in [0.3, 0.4) is 0 Å². The first-order chi connectivity index (χ1) is 7.33. The van der Waals surface area contributed by atoms with Crippen LogP contribution < -0.4 is 5.73 Å². The number of hydrogen-bond donors (Lipinski definition) is 1. The molecule has 0 aromatic carbocycles. The van der Waals surface area contributed by atoms with Crippen LogP contribution in [0, 0.1) is 0 Å². The summed E-state index contributed by atoms with van der Waals surface area (Å²) in [6.45, 7) is 1.41. The average Bonchev–Trinajstić information content (AvgIpc) is 2.87. The van der Waals surface area contributed by atoms with E-state index in [1.165, 1.54) is 6.20 Å². The molecule has 1 aromatic rings. The Balaban J connectivity index is 2.06. The van der Waals surface area contributed by atoms with E-state index < -0.39 is 0 Å². The minimum atomic E-state index is -0.0662. The fraction of sp³-hybridized carbons (Fsp3) is 0.600. The molecule has 1 saturated heterocycles. The van der Waals surface area contributed by atoms with Crippen molar-refractivity contribution in [2.45, 2.75) is 25.3 Å². The fourth-order valence-electron chi connectivity index (χ4n) is 2.06. The van der Waals surface area contributed by atoms with Gasteiger partial charge in [-0.25, -0.2) is 0 Å². The summed E-state index contributed by atoms with van der Waals surface area (Å²) in [5.74, 6) is 0.252. The first-order valence-electron chi connectivity index (χ1n) is 5.24. The summed E-state index contributed by atoms with van der Waals surface area (Å²) in [6, 6.07) is 1.87. The number of amides is 1. The van der Waals surface area contributed by atoms with Gasteiger partial charge in [0.15, 0.2) is 0 Å². The second-order valence-electron chi connectivity index (χ2n) is 3.75. The van der Waals surface area contributed by atoms with Crippen molar-refractivity contribution in [1.82, 2.24) is 10.1 Å². The van der Waals surface area contributed by atoms with Crippen molar-refractivity contribution in [3.05, 3.63) is 18.0 Å². The molecule has 82 valence electrons. The highest BCUT2D eigenvalue weighted by atomic mass is 16.5. The summed E-state index contributed by atoms with van der Waals surface area (Å²) in [5, 5.41) is 3.54. The van der Waals surface area contributed by atoms with Gasteiger partial charge < -0.3 is 15.2 Å². The lowest BCUT2D eigenvalue weighted by molar-refractivity contribution is 0.0690. The van der Waals surface area contributed by atoms with E-state index >= 15 is 0 Å². The van der Waals surface area contributed by atoms with Gasteiger partial charge in [-0.2, -0.15) is 0 Å². The largest absolute Gasteiger partial charge is 0.351 e. The molecule has 0 radical (unpaired) electrons. The lowest BCUT2D eigenvalue weighted by Crippen LogP contribution is -2.36. The molecule has 0 aliphatic carbocycles. The summed E-state index contributed by atoms with van der Waals surface area (Å²) in [6.07, 6.45) is 4.43. The third kappa shape index (κ3) is 2.02. The maximum Gasteiger partial charge on any atom is 0.292 e. The van der Waals surface area contributed by atoms with Gasteiger partial charge in [0.1, 0.15) is 0 Å². The summed E-state index contributed by atoms with van der Waals surface area (Å²) < 4.78 is 4.86. The van der Waals surface area contributed by atoms with Crippen LogP contribution in [0.25, 0.3) is 0 Å². The lowest BCUT2D eigenvalue weighted by atomic mass is 10.1. The monoisotopic (exact) mass is 209 g/mol. The molecule has 1 aliphatic rings. The summed E-state index contributed by atoms with van der Waals surface area (Å²) in [7, 11) is 0. The Hall–Kier alpha value is -1.36. The first-order valence-corrected chi connectivity index (χ1v) is 5.24. The molecular weight excluding hydrogens is 194 g/mol. The van der Waals surface area contributed by atoms with Crippen molar-refractivity contribution >= 4 is 5.91 Å². The number of nitrogens with two attached hydrogens (primary N) is 1. The summed E-state index contributed by atoms with van der Waals surface area (Å²) in [5.41, 5.74) is 5.52. The second kappa shape index (κ2) is 4.44. The molecule has 15 heavy (non-hydrogen) atoms. The van der Waals surface area contributed by atoms with Gasteiger partial charge in [-0.3, -0.25) is 4.79 Å². The number of rotatable bonds is 3. The molecule has 1 amide bonds. The van der Waals surface area contributed by atoms with Gasteiger partial charge >= 0.3 is 0 Å². The van der Waals surface area contributed by atoms with E-state index in [1.807, 2.05) is 4.90 Å². The molecule has 1 atom stereocenters. The highest BCUT2D eigenvalue weighted by molar-refractivity contribution is 5.91. The molecule has 1 aromatic heterocycles. The number of nitrogens with zero attached hydrogens (tertiary/aromatic N) is 2. The third-order valence-electron chi connectivity index (χ3n) is 2.79. The van der Waals surface area contributed by atoms with Crippen molar-refractivity contribution in [2.24, 2.45) is 5.73 Å². The Morgan fingerprint density at radius 1 is 1.73 bits per heavy atom. The van der Waals surface area contributed by atoms with Gasteiger partial charge in [-0.1, -0.05) is 5.16 Å². The van der Waals surface area contributed by atoms with Crippen LogP contribution in [0.4, 0.5) is 0 Å². The van der Waals surface area contributed by atoms with E-state index in [4.69, 9.17) is 10.3 Å². The molecule has 0 bridgehead atoms. The average molecular weight is 209 g/mol.